The number of nitrogens with zero attached hydrogens (tertiary/aromatic N) is 1. The summed E-state index contributed by atoms with van der Waals surface area (Å²) in [6.45, 7) is 14.3. The number of unbranched alkanes of at least 4 members (excludes halogenated alkanes) is 7. The van der Waals surface area contributed by atoms with Crippen LogP contribution in [0.25, 0.3) is 0 Å². The van der Waals surface area contributed by atoms with Crippen LogP contribution in [0.1, 0.15) is 137 Å². The van der Waals surface area contributed by atoms with Gasteiger partial charge in [0.05, 0.1) is 18.2 Å². The standard InChI is InChI=1S/C31H53NO3/c1-7-10-11-12-13-14-15-19-22-28-23-33-31(34-28)24-29(5,6)32(30(8-2,9-3)25-31)35-26(4)27-20-17-16-18-21-27/h16-18,20-21,26,28H,7-15,19,22-25H2,1-6H3. The molecular weight excluding hydrogens is 434 g/mol. The van der Waals surface area contributed by atoms with E-state index in [0.717, 1.165) is 38.7 Å². The second kappa shape index (κ2) is 13.0. The first-order chi connectivity index (χ1) is 16.8. The summed E-state index contributed by atoms with van der Waals surface area (Å²) in [7, 11) is 0. The normalized spacial score (nSPS) is 26.9. The van der Waals surface area contributed by atoms with E-state index in [2.05, 4.69) is 76.9 Å². The lowest BCUT2D eigenvalue weighted by Crippen LogP contribution is -2.67. The first-order valence-electron chi connectivity index (χ1n) is 14.6. The molecule has 2 fully saturated rings. The number of hydroxylamine groups is 2. The molecule has 3 unspecified atom stereocenters. The third-order valence-corrected chi connectivity index (χ3v) is 8.42. The number of ether oxygens (including phenoxy) is 2. The van der Waals surface area contributed by atoms with Crippen molar-refractivity contribution in [2.45, 2.75) is 154 Å². The second-order valence-electron chi connectivity index (χ2n) is 11.8. The third kappa shape index (κ3) is 7.31. The average molecular weight is 488 g/mol. The molecule has 1 spiro atoms. The van der Waals surface area contributed by atoms with Gasteiger partial charge < -0.3 is 9.47 Å². The van der Waals surface area contributed by atoms with Crippen molar-refractivity contribution in [3.05, 3.63) is 35.9 Å². The Labute approximate surface area is 216 Å². The Morgan fingerprint density at radius 1 is 0.914 bits per heavy atom. The van der Waals surface area contributed by atoms with Crippen molar-refractivity contribution in [1.82, 2.24) is 5.06 Å². The predicted octanol–water partition coefficient (Wildman–Crippen LogP) is 8.75. The van der Waals surface area contributed by atoms with Crippen molar-refractivity contribution in [3.63, 3.8) is 0 Å². The second-order valence-corrected chi connectivity index (χ2v) is 11.8. The van der Waals surface area contributed by atoms with Gasteiger partial charge in [0, 0.05) is 18.4 Å². The fraction of sp³-hybridized carbons (Fsp3) is 0.806. The number of hydrogen-bond acceptors (Lipinski definition) is 4. The van der Waals surface area contributed by atoms with E-state index >= 15 is 0 Å². The summed E-state index contributed by atoms with van der Waals surface area (Å²) in [5, 5.41) is 2.32. The lowest BCUT2D eigenvalue weighted by molar-refractivity contribution is -0.359. The van der Waals surface area contributed by atoms with Gasteiger partial charge >= 0.3 is 0 Å². The van der Waals surface area contributed by atoms with Gasteiger partial charge in [-0.25, -0.2) is 0 Å². The first kappa shape index (κ1) is 28.6. The van der Waals surface area contributed by atoms with Gasteiger partial charge in [0.15, 0.2) is 5.79 Å². The van der Waals surface area contributed by atoms with Gasteiger partial charge in [-0.2, -0.15) is 5.06 Å². The van der Waals surface area contributed by atoms with Crippen molar-refractivity contribution in [2.24, 2.45) is 0 Å². The summed E-state index contributed by atoms with van der Waals surface area (Å²) in [5.41, 5.74) is 0.905. The van der Waals surface area contributed by atoms with Crippen LogP contribution in [-0.4, -0.2) is 34.6 Å². The van der Waals surface area contributed by atoms with Gasteiger partial charge in [0.1, 0.15) is 6.10 Å². The van der Waals surface area contributed by atoms with Crippen LogP contribution in [0.2, 0.25) is 0 Å². The maximum atomic E-state index is 6.78. The van der Waals surface area contributed by atoms with Gasteiger partial charge in [0.25, 0.3) is 0 Å². The predicted molar refractivity (Wildman–Crippen MR) is 145 cm³/mol. The molecule has 1 aromatic carbocycles. The monoisotopic (exact) mass is 487 g/mol. The zero-order valence-corrected chi connectivity index (χ0v) is 23.6. The molecular formula is C31H53NO3. The van der Waals surface area contributed by atoms with E-state index in [4.69, 9.17) is 14.3 Å². The summed E-state index contributed by atoms with van der Waals surface area (Å²) < 4.78 is 13.3. The van der Waals surface area contributed by atoms with Crippen LogP contribution in [-0.2, 0) is 14.3 Å². The van der Waals surface area contributed by atoms with Crippen LogP contribution < -0.4 is 0 Å². The van der Waals surface area contributed by atoms with E-state index in [-0.39, 0.29) is 23.3 Å². The zero-order chi connectivity index (χ0) is 25.4. The molecule has 0 saturated carbocycles. The highest BCUT2D eigenvalue weighted by atomic mass is 16.7. The SMILES string of the molecule is CCCCCCCCCCC1COC2(CC(C)(C)N(OC(C)c3ccccc3)C(CC)(CC)C2)O1. The number of piperidine rings is 1. The Hall–Kier alpha value is -0.940. The van der Waals surface area contributed by atoms with Crippen molar-refractivity contribution in [1.29, 1.82) is 0 Å². The van der Waals surface area contributed by atoms with Crippen molar-refractivity contribution >= 4 is 0 Å². The molecule has 3 rings (SSSR count). The molecule has 1 aromatic rings. The zero-order valence-electron chi connectivity index (χ0n) is 23.6. The maximum Gasteiger partial charge on any atom is 0.172 e. The Morgan fingerprint density at radius 3 is 2.17 bits per heavy atom. The van der Waals surface area contributed by atoms with Crippen molar-refractivity contribution in [2.75, 3.05) is 6.61 Å². The Kier molecular flexibility index (Phi) is 10.7. The Morgan fingerprint density at radius 2 is 1.54 bits per heavy atom. The van der Waals surface area contributed by atoms with Gasteiger partial charge in [0.2, 0.25) is 0 Å². The Bertz CT molecular complexity index is 732. The summed E-state index contributed by atoms with van der Waals surface area (Å²) in [6, 6.07) is 10.5. The molecule has 0 bridgehead atoms. The van der Waals surface area contributed by atoms with Crippen molar-refractivity contribution in [3.8, 4) is 0 Å². The molecule has 0 N–H and O–H groups in total. The number of rotatable bonds is 14. The lowest BCUT2D eigenvalue weighted by atomic mass is 9.73. The van der Waals surface area contributed by atoms with Crippen LogP contribution in [0.15, 0.2) is 30.3 Å². The molecule has 2 aliphatic rings. The minimum atomic E-state index is -0.490. The highest BCUT2D eigenvalue weighted by molar-refractivity contribution is 5.17. The van der Waals surface area contributed by atoms with E-state index in [9.17, 15) is 0 Å². The summed E-state index contributed by atoms with van der Waals surface area (Å²) >= 11 is 0. The molecule has 2 heterocycles. The van der Waals surface area contributed by atoms with Crippen LogP contribution in [0, 0.1) is 0 Å². The first-order valence-corrected chi connectivity index (χ1v) is 14.6. The molecule has 0 amide bonds. The van der Waals surface area contributed by atoms with E-state index in [1.807, 2.05) is 0 Å². The minimum absolute atomic E-state index is 0.00198. The van der Waals surface area contributed by atoms with E-state index in [1.54, 1.807) is 0 Å². The molecule has 4 nitrogen and oxygen atoms in total. The molecule has 200 valence electrons. The van der Waals surface area contributed by atoms with Crippen LogP contribution in [0.5, 0.6) is 0 Å². The molecule has 0 radical (unpaired) electrons. The summed E-state index contributed by atoms with van der Waals surface area (Å²) in [5.74, 6) is -0.490. The highest BCUT2D eigenvalue weighted by Crippen LogP contribution is 2.52. The largest absolute Gasteiger partial charge is 0.347 e. The summed E-state index contributed by atoms with van der Waals surface area (Å²) in [4.78, 5) is 6.77. The van der Waals surface area contributed by atoms with E-state index in [1.165, 1.54) is 56.9 Å². The maximum absolute atomic E-state index is 6.78. The average Bonchev–Trinajstić information content (AvgIpc) is 3.23. The minimum Gasteiger partial charge on any atom is -0.347 e. The molecule has 2 saturated heterocycles. The quantitative estimate of drug-likeness (QED) is 0.245. The molecule has 35 heavy (non-hydrogen) atoms. The fourth-order valence-corrected chi connectivity index (χ4v) is 6.44. The molecule has 0 aliphatic carbocycles. The highest BCUT2D eigenvalue weighted by Gasteiger charge is 2.59. The van der Waals surface area contributed by atoms with Crippen LogP contribution in [0.4, 0.5) is 0 Å². The van der Waals surface area contributed by atoms with Crippen LogP contribution in [0.3, 0.4) is 0 Å². The van der Waals surface area contributed by atoms with Gasteiger partial charge in [-0.15, -0.1) is 0 Å². The molecule has 0 aromatic heterocycles. The smallest absolute Gasteiger partial charge is 0.172 e. The van der Waals surface area contributed by atoms with E-state index in [0.29, 0.717) is 0 Å². The van der Waals surface area contributed by atoms with Gasteiger partial charge in [-0.1, -0.05) is 102 Å². The number of benzene rings is 1. The third-order valence-electron chi connectivity index (χ3n) is 8.42. The van der Waals surface area contributed by atoms with Gasteiger partial charge in [-0.05, 0) is 45.6 Å². The van der Waals surface area contributed by atoms with Crippen molar-refractivity contribution < 1.29 is 14.3 Å². The van der Waals surface area contributed by atoms with Gasteiger partial charge in [-0.3, -0.25) is 4.84 Å². The summed E-state index contributed by atoms with van der Waals surface area (Å²) in [6.07, 6.45) is 15.9. The van der Waals surface area contributed by atoms with Crippen LogP contribution >= 0.6 is 0 Å². The van der Waals surface area contributed by atoms with E-state index < -0.39 is 5.79 Å². The number of hydrogen-bond donors (Lipinski definition) is 0. The molecule has 3 atom stereocenters. The molecule has 4 heteroatoms. The Balaban J connectivity index is 1.59. The lowest BCUT2D eigenvalue weighted by Gasteiger charge is -2.59. The fourth-order valence-electron chi connectivity index (χ4n) is 6.44. The molecule has 2 aliphatic heterocycles. The topological polar surface area (TPSA) is 30.9 Å².